The fourth-order valence-electron chi connectivity index (χ4n) is 0.998. The summed E-state index contributed by atoms with van der Waals surface area (Å²) in [6.45, 7) is 0. The molecular formula is C7H6N2NaO2S2. The average Bonchev–Trinajstić information content (AvgIpc) is 2.44. The molecule has 0 aliphatic rings. The van der Waals surface area contributed by atoms with Gasteiger partial charge in [-0.3, -0.25) is 4.72 Å². The van der Waals surface area contributed by atoms with Crippen LogP contribution in [0.5, 0.6) is 0 Å². The third kappa shape index (κ3) is 2.68. The largest absolute Gasteiger partial charge is 0.261 e. The topological polar surface area (TPSA) is 59.1 Å². The van der Waals surface area contributed by atoms with Gasteiger partial charge in [0.15, 0.2) is 5.13 Å². The maximum Gasteiger partial charge on any atom is 0.224 e. The zero-order valence-corrected chi connectivity index (χ0v) is 11.1. The second-order valence-corrected chi connectivity index (χ2v) is 4.12. The molecule has 0 aliphatic carbocycles. The SMILES string of the molecule is O=[SH](=O)Nc1nc2ccccc2s1.[Na]. The van der Waals surface area contributed by atoms with Gasteiger partial charge in [0.25, 0.3) is 0 Å². The third-order valence-electron chi connectivity index (χ3n) is 1.48. The van der Waals surface area contributed by atoms with Crippen molar-refractivity contribution >= 4 is 67.1 Å². The molecule has 1 radical (unpaired) electrons. The molecule has 7 heteroatoms. The van der Waals surface area contributed by atoms with Gasteiger partial charge in [-0.05, 0) is 12.1 Å². The van der Waals surface area contributed by atoms with Crippen LogP contribution in [0.2, 0.25) is 0 Å². The molecule has 2 rings (SSSR count). The smallest absolute Gasteiger partial charge is 0.224 e. The average molecular weight is 237 g/mol. The number of thiol groups is 1. The molecule has 0 fully saturated rings. The molecule has 0 unspecified atom stereocenters. The Bertz CT molecular complexity index is 468. The number of nitrogens with one attached hydrogen (secondary N) is 1. The summed E-state index contributed by atoms with van der Waals surface area (Å²) < 4.78 is 23.9. The molecule has 1 aromatic carbocycles. The van der Waals surface area contributed by atoms with Crippen LogP contribution in [-0.2, 0) is 10.9 Å². The first kappa shape index (κ1) is 11.9. The monoisotopic (exact) mass is 237 g/mol. The van der Waals surface area contributed by atoms with Crippen molar-refractivity contribution in [2.75, 3.05) is 4.72 Å². The van der Waals surface area contributed by atoms with E-state index in [4.69, 9.17) is 0 Å². The first-order valence-corrected chi connectivity index (χ1v) is 5.52. The molecule has 0 amide bonds. The van der Waals surface area contributed by atoms with Crippen LogP contribution in [0.1, 0.15) is 0 Å². The number of hydrogen-bond donors (Lipinski definition) is 2. The molecule has 1 heterocycles. The first-order valence-electron chi connectivity index (χ1n) is 3.52. The van der Waals surface area contributed by atoms with Crippen molar-refractivity contribution in [1.29, 1.82) is 0 Å². The van der Waals surface area contributed by atoms with Gasteiger partial charge in [-0.2, -0.15) is 0 Å². The van der Waals surface area contributed by atoms with Crippen LogP contribution in [0.15, 0.2) is 24.3 Å². The maximum absolute atomic E-state index is 10.3. The van der Waals surface area contributed by atoms with Crippen molar-refractivity contribution in [3.63, 3.8) is 0 Å². The fourth-order valence-corrected chi connectivity index (χ4v) is 2.33. The van der Waals surface area contributed by atoms with E-state index in [1.807, 2.05) is 24.3 Å². The second-order valence-electron chi connectivity index (χ2n) is 2.36. The zero-order chi connectivity index (χ0) is 9.26. The van der Waals surface area contributed by atoms with Gasteiger partial charge in [-0.15, -0.1) is 0 Å². The molecule has 14 heavy (non-hydrogen) atoms. The van der Waals surface area contributed by atoms with Crippen LogP contribution in [0.4, 0.5) is 5.13 Å². The van der Waals surface area contributed by atoms with Gasteiger partial charge in [0.05, 0.1) is 10.2 Å². The molecule has 0 saturated heterocycles. The Morgan fingerprint density at radius 3 is 2.64 bits per heavy atom. The number of aromatic nitrogens is 1. The van der Waals surface area contributed by atoms with Crippen LogP contribution in [0.25, 0.3) is 10.2 Å². The number of rotatable bonds is 2. The van der Waals surface area contributed by atoms with E-state index in [-0.39, 0.29) is 29.6 Å². The van der Waals surface area contributed by atoms with Gasteiger partial charge in [-0.25, -0.2) is 13.4 Å². The molecule has 0 saturated carbocycles. The molecule has 0 spiro atoms. The Labute approximate surface area is 109 Å². The van der Waals surface area contributed by atoms with E-state index in [2.05, 4.69) is 9.71 Å². The van der Waals surface area contributed by atoms with Crippen molar-refractivity contribution in [1.82, 2.24) is 4.98 Å². The summed E-state index contributed by atoms with van der Waals surface area (Å²) in [5.74, 6) is 0. The Morgan fingerprint density at radius 1 is 1.29 bits per heavy atom. The van der Waals surface area contributed by atoms with E-state index in [1.165, 1.54) is 11.3 Å². The van der Waals surface area contributed by atoms with Crippen molar-refractivity contribution in [2.45, 2.75) is 0 Å². The molecule has 69 valence electrons. The third-order valence-corrected chi connectivity index (χ3v) is 2.98. The van der Waals surface area contributed by atoms with Crippen molar-refractivity contribution < 1.29 is 8.42 Å². The Balaban J connectivity index is 0.000000980. The minimum absolute atomic E-state index is 0. The molecular weight excluding hydrogens is 231 g/mol. The molecule has 2 aromatic rings. The van der Waals surface area contributed by atoms with Gasteiger partial charge in [-0.1, -0.05) is 23.5 Å². The zero-order valence-electron chi connectivity index (χ0n) is 7.43. The number of anilines is 1. The molecule has 0 atom stereocenters. The molecule has 0 aliphatic heterocycles. The van der Waals surface area contributed by atoms with Crippen molar-refractivity contribution in [3.8, 4) is 0 Å². The van der Waals surface area contributed by atoms with Gasteiger partial charge < -0.3 is 0 Å². The minimum Gasteiger partial charge on any atom is -0.261 e. The summed E-state index contributed by atoms with van der Waals surface area (Å²) in [4.78, 5) is 4.08. The van der Waals surface area contributed by atoms with Crippen molar-refractivity contribution in [3.05, 3.63) is 24.3 Å². The normalized spacial score (nSPS) is 10.1. The number of hydrogen-bond acceptors (Lipinski definition) is 4. The number of para-hydroxylation sites is 1. The van der Waals surface area contributed by atoms with Crippen LogP contribution in [0, 0.1) is 0 Å². The van der Waals surface area contributed by atoms with E-state index in [0.717, 1.165) is 10.2 Å². The standard InChI is InChI=1S/C7H6N2O2S2.Na/c10-13(11)9-7-8-5-3-1-2-4-6(5)12-7;/h1-4,13H,(H,8,9,10,11);. The molecule has 1 N–H and O–H groups in total. The molecule has 4 nitrogen and oxygen atoms in total. The Morgan fingerprint density at radius 2 is 2.00 bits per heavy atom. The van der Waals surface area contributed by atoms with E-state index in [0.29, 0.717) is 5.13 Å². The Kier molecular flexibility index (Phi) is 4.33. The fraction of sp³-hybridized carbons (Fsp3) is 0. The summed E-state index contributed by atoms with van der Waals surface area (Å²) in [7, 11) is -2.62. The summed E-state index contributed by atoms with van der Waals surface area (Å²) >= 11 is 1.32. The number of thiazole rings is 1. The number of fused-ring (bicyclic) bond motifs is 1. The van der Waals surface area contributed by atoms with E-state index < -0.39 is 10.9 Å². The van der Waals surface area contributed by atoms with Gasteiger partial charge in [0.2, 0.25) is 10.9 Å². The first-order chi connectivity index (χ1) is 6.25. The Hall–Kier alpha value is -0.140. The van der Waals surface area contributed by atoms with Gasteiger partial charge >= 0.3 is 0 Å². The van der Waals surface area contributed by atoms with Crippen LogP contribution in [-0.4, -0.2) is 43.0 Å². The predicted molar refractivity (Wildman–Crippen MR) is 59.3 cm³/mol. The number of nitrogens with zero attached hydrogens (tertiary/aromatic N) is 1. The van der Waals surface area contributed by atoms with Gasteiger partial charge in [0.1, 0.15) is 0 Å². The second kappa shape index (κ2) is 5.09. The van der Waals surface area contributed by atoms with E-state index in [1.54, 1.807) is 0 Å². The molecule has 1 aromatic heterocycles. The maximum atomic E-state index is 10.3. The van der Waals surface area contributed by atoms with Gasteiger partial charge in [0, 0.05) is 29.6 Å². The van der Waals surface area contributed by atoms with Crippen molar-refractivity contribution in [2.24, 2.45) is 0 Å². The summed E-state index contributed by atoms with van der Waals surface area (Å²) in [6, 6.07) is 7.50. The summed E-state index contributed by atoms with van der Waals surface area (Å²) in [5.41, 5.74) is 0.812. The minimum atomic E-state index is -2.62. The van der Waals surface area contributed by atoms with E-state index in [9.17, 15) is 8.42 Å². The summed E-state index contributed by atoms with van der Waals surface area (Å²) in [5, 5.41) is 0.414. The van der Waals surface area contributed by atoms with Crippen LogP contribution < -0.4 is 4.72 Å². The summed E-state index contributed by atoms with van der Waals surface area (Å²) in [6.07, 6.45) is 0. The van der Waals surface area contributed by atoms with E-state index >= 15 is 0 Å². The predicted octanol–water partition coefficient (Wildman–Crippen LogP) is 0.854. The van der Waals surface area contributed by atoms with Crippen LogP contribution in [0.3, 0.4) is 0 Å². The number of benzene rings is 1. The quantitative estimate of drug-likeness (QED) is 0.601. The van der Waals surface area contributed by atoms with Crippen LogP contribution >= 0.6 is 11.3 Å². The molecule has 0 bridgehead atoms.